The Hall–Kier alpha value is -2.50. The predicted octanol–water partition coefficient (Wildman–Crippen LogP) is 0.594. The zero-order valence-corrected chi connectivity index (χ0v) is 20.9. The fraction of sp³-hybridized carbons (Fsp3) is 0.609. The van der Waals surface area contributed by atoms with Crippen LogP contribution in [0.2, 0.25) is 0 Å². The minimum absolute atomic E-state index is 0.118. The van der Waals surface area contributed by atoms with Gasteiger partial charge in [0.1, 0.15) is 6.23 Å². The Bertz CT molecular complexity index is 1020. The van der Waals surface area contributed by atoms with Gasteiger partial charge in [-0.25, -0.2) is 8.42 Å². The van der Waals surface area contributed by atoms with Gasteiger partial charge in [0.05, 0.1) is 18.0 Å². The molecular weight excluding hydrogens is 460 g/mol. The molecule has 1 aromatic rings. The van der Waals surface area contributed by atoms with E-state index < -0.39 is 28.1 Å². The van der Waals surface area contributed by atoms with E-state index in [9.17, 15) is 22.8 Å². The van der Waals surface area contributed by atoms with Crippen molar-refractivity contribution in [3.05, 3.63) is 28.8 Å². The van der Waals surface area contributed by atoms with Crippen LogP contribution in [0.3, 0.4) is 0 Å². The lowest BCUT2D eigenvalue weighted by atomic mass is 10.1. The quantitative estimate of drug-likeness (QED) is 0.403. The van der Waals surface area contributed by atoms with Crippen molar-refractivity contribution in [2.75, 3.05) is 39.3 Å². The van der Waals surface area contributed by atoms with Gasteiger partial charge in [0.15, 0.2) is 0 Å². The Labute approximate surface area is 201 Å². The number of hydrogen-bond acceptors (Lipinski definition) is 6. The molecule has 2 heterocycles. The lowest BCUT2D eigenvalue weighted by molar-refractivity contribution is -0.140. The summed E-state index contributed by atoms with van der Waals surface area (Å²) in [5.41, 5.74) is 2.28. The van der Waals surface area contributed by atoms with Crippen LogP contribution in [-0.2, 0) is 29.1 Å². The van der Waals surface area contributed by atoms with E-state index in [1.54, 1.807) is 18.7 Å². The van der Waals surface area contributed by atoms with Crippen LogP contribution in [0.5, 0.6) is 0 Å². The van der Waals surface area contributed by atoms with E-state index in [0.29, 0.717) is 43.5 Å². The Morgan fingerprint density at radius 1 is 1.06 bits per heavy atom. The third-order valence-corrected chi connectivity index (χ3v) is 8.23. The van der Waals surface area contributed by atoms with Crippen molar-refractivity contribution in [2.45, 2.75) is 57.6 Å². The van der Waals surface area contributed by atoms with Crippen LogP contribution >= 0.6 is 0 Å². The maximum Gasteiger partial charge on any atom is 0.309 e. The lowest BCUT2D eigenvalue weighted by Crippen LogP contribution is -2.53. The van der Waals surface area contributed by atoms with Gasteiger partial charge in [-0.05, 0) is 51.2 Å². The summed E-state index contributed by atoms with van der Waals surface area (Å²) < 4.78 is 33.8. The summed E-state index contributed by atoms with van der Waals surface area (Å²) in [6, 6.07) is 3.65. The van der Waals surface area contributed by atoms with Crippen LogP contribution in [-0.4, -0.2) is 80.9 Å². The van der Waals surface area contributed by atoms with Crippen LogP contribution in [0.1, 0.15) is 42.4 Å². The average molecular weight is 495 g/mol. The van der Waals surface area contributed by atoms with Gasteiger partial charge in [0.25, 0.3) is 0 Å². The summed E-state index contributed by atoms with van der Waals surface area (Å²) in [5, 5.41) is 5.02. The normalized spacial score (nSPS) is 19.3. The van der Waals surface area contributed by atoms with E-state index >= 15 is 0 Å². The summed E-state index contributed by atoms with van der Waals surface area (Å²) in [5.74, 6) is -1.54. The number of benzene rings is 1. The van der Waals surface area contributed by atoms with Crippen LogP contribution in [0.15, 0.2) is 17.0 Å². The molecule has 2 N–H and O–H groups in total. The van der Waals surface area contributed by atoms with Gasteiger partial charge in [-0.15, -0.1) is 0 Å². The summed E-state index contributed by atoms with van der Waals surface area (Å²) >= 11 is 0. The van der Waals surface area contributed by atoms with E-state index in [1.165, 1.54) is 4.31 Å². The van der Waals surface area contributed by atoms with E-state index in [2.05, 4.69) is 10.6 Å². The number of likely N-dealkylation sites (tertiary alicyclic amines) is 1. The van der Waals surface area contributed by atoms with Gasteiger partial charge in [-0.3, -0.25) is 14.4 Å². The van der Waals surface area contributed by atoms with Gasteiger partial charge in [-0.1, -0.05) is 17.7 Å². The van der Waals surface area contributed by atoms with Crippen LogP contribution in [0, 0.1) is 20.8 Å². The molecular formula is C23H34N4O6S. The number of aryl methyl sites for hydroxylation is 3. The van der Waals surface area contributed by atoms with Crippen LogP contribution in [0.25, 0.3) is 0 Å². The van der Waals surface area contributed by atoms with E-state index in [0.717, 1.165) is 18.5 Å². The zero-order valence-electron chi connectivity index (χ0n) is 20.1. The molecule has 3 amide bonds. The molecule has 3 rings (SSSR count). The summed E-state index contributed by atoms with van der Waals surface area (Å²) in [7, 11) is -3.86. The zero-order chi connectivity index (χ0) is 24.9. The number of carbonyl (C=O) groups is 3. The van der Waals surface area contributed by atoms with Crippen molar-refractivity contribution >= 4 is 27.7 Å². The molecule has 0 radical (unpaired) electrons. The van der Waals surface area contributed by atoms with Crippen LogP contribution in [0.4, 0.5) is 0 Å². The molecule has 1 atom stereocenters. The van der Waals surface area contributed by atoms with Crippen molar-refractivity contribution in [2.24, 2.45) is 0 Å². The smallest absolute Gasteiger partial charge is 0.309 e. The third-order valence-electron chi connectivity index (χ3n) is 6.03. The molecule has 0 saturated carbocycles. The SMILES string of the molecule is Cc1cc(C)c(S(=O)(=O)N2CCCOC2CNC(=O)C(=O)NCCCN2CCCC2=O)c(C)c1. The Morgan fingerprint density at radius 3 is 2.38 bits per heavy atom. The molecule has 0 aliphatic carbocycles. The van der Waals surface area contributed by atoms with Crippen molar-refractivity contribution in [1.82, 2.24) is 19.8 Å². The minimum atomic E-state index is -3.86. The minimum Gasteiger partial charge on any atom is -0.360 e. The number of rotatable bonds is 8. The second-order valence-electron chi connectivity index (χ2n) is 8.83. The number of hydrogen-bond donors (Lipinski definition) is 2. The predicted molar refractivity (Wildman–Crippen MR) is 125 cm³/mol. The number of ether oxygens (including phenoxy) is 1. The fourth-order valence-electron chi connectivity index (χ4n) is 4.55. The fourth-order valence-corrected chi connectivity index (χ4v) is 6.53. The highest BCUT2D eigenvalue weighted by Gasteiger charge is 2.36. The molecule has 2 saturated heterocycles. The Kier molecular flexibility index (Phi) is 8.67. The molecule has 0 bridgehead atoms. The highest BCUT2D eigenvalue weighted by atomic mass is 32.2. The van der Waals surface area contributed by atoms with Gasteiger partial charge in [0, 0.05) is 32.6 Å². The molecule has 0 aromatic heterocycles. The molecule has 2 aliphatic heterocycles. The first-order valence-corrected chi connectivity index (χ1v) is 13.1. The number of nitrogens with zero attached hydrogens (tertiary/aromatic N) is 2. The van der Waals surface area contributed by atoms with Crippen molar-refractivity contribution in [1.29, 1.82) is 0 Å². The van der Waals surface area contributed by atoms with Crippen molar-refractivity contribution < 1.29 is 27.5 Å². The first-order chi connectivity index (χ1) is 16.1. The monoisotopic (exact) mass is 494 g/mol. The molecule has 1 aromatic carbocycles. The number of amides is 3. The molecule has 34 heavy (non-hydrogen) atoms. The molecule has 11 heteroatoms. The molecule has 188 valence electrons. The van der Waals surface area contributed by atoms with E-state index in [-0.39, 0.29) is 30.4 Å². The highest BCUT2D eigenvalue weighted by molar-refractivity contribution is 7.89. The van der Waals surface area contributed by atoms with Crippen LogP contribution < -0.4 is 10.6 Å². The lowest BCUT2D eigenvalue weighted by Gasteiger charge is -2.35. The average Bonchev–Trinajstić information content (AvgIpc) is 3.18. The standard InChI is InChI=1S/C23H34N4O6S/c1-16-13-17(2)21(18(3)14-16)34(31,32)27-11-6-12-33-20(27)15-25-23(30)22(29)24-8-5-10-26-9-4-7-19(26)28/h13-14,20H,4-12,15H2,1-3H3,(H,24,29)(H,25,30). The van der Waals surface area contributed by atoms with Crippen molar-refractivity contribution in [3.63, 3.8) is 0 Å². The molecule has 2 aliphatic rings. The van der Waals surface area contributed by atoms with Gasteiger partial charge < -0.3 is 20.3 Å². The summed E-state index contributed by atoms with van der Waals surface area (Å²) in [4.78, 5) is 38.0. The molecule has 0 spiro atoms. The Balaban J connectivity index is 1.55. The van der Waals surface area contributed by atoms with Gasteiger partial charge in [-0.2, -0.15) is 4.31 Å². The summed E-state index contributed by atoms with van der Waals surface area (Å²) in [6.07, 6.45) is 1.60. The molecule has 2 fully saturated rings. The first-order valence-electron chi connectivity index (χ1n) is 11.7. The Morgan fingerprint density at radius 2 is 1.74 bits per heavy atom. The van der Waals surface area contributed by atoms with E-state index in [1.807, 2.05) is 19.1 Å². The highest BCUT2D eigenvalue weighted by Crippen LogP contribution is 2.28. The van der Waals surface area contributed by atoms with Gasteiger partial charge in [0.2, 0.25) is 15.9 Å². The number of sulfonamides is 1. The third kappa shape index (κ3) is 6.13. The second kappa shape index (κ2) is 11.3. The van der Waals surface area contributed by atoms with E-state index in [4.69, 9.17) is 4.74 Å². The van der Waals surface area contributed by atoms with Gasteiger partial charge >= 0.3 is 11.8 Å². The van der Waals surface area contributed by atoms with Crippen molar-refractivity contribution in [3.8, 4) is 0 Å². The molecule has 10 nitrogen and oxygen atoms in total. The largest absolute Gasteiger partial charge is 0.360 e. The first kappa shape index (κ1) is 26.1. The number of nitrogens with one attached hydrogen (secondary N) is 2. The maximum atomic E-state index is 13.5. The number of carbonyl (C=O) groups excluding carboxylic acids is 3. The second-order valence-corrected chi connectivity index (χ2v) is 10.7. The maximum absolute atomic E-state index is 13.5. The summed E-state index contributed by atoms with van der Waals surface area (Å²) in [6.45, 7) is 7.46. The molecule has 1 unspecified atom stereocenters. The topological polar surface area (TPSA) is 125 Å².